The van der Waals surface area contributed by atoms with Crippen molar-refractivity contribution < 1.29 is 0 Å². The molecule has 1 rings (SSSR count). The lowest BCUT2D eigenvalue weighted by Gasteiger charge is -2.27. The number of nitrogens with zero attached hydrogens (tertiary/aromatic N) is 1. The zero-order valence-electron chi connectivity index (χ0n) is 12.3. The highest BCUT2D eigenvalue weighted by Gasteiger charge is 2.30. The molecule has 0 N–H and O–H groups in total. The van der Waals surface area contributed by atoms with Gasteiger partial charge in [-0.2, -0.15) is 0 Å². The second-order valence-corrected chi connectivity index (χ2v) is 5.35. The molecular weight excluding hydrogens is 218 g/mol. The van der Waals surface area contributed by atoms with Crippen molar-refractivity contribution in [3.63, 3.8) is 0 Å². The van der Waals surface area contributed by atoms with Gasteiger partial charge < -0.3 is 0 Å². The molecule has 3 unspecified atom stereocenters. The van der Waals surface area contributed by atoms with Gasteiger partial charge in [-0.05, 0) is 36.5 Å². The van der Waals surface area contributed by atoms with Crippen LogP contribution in [-0.2, 0) is 0 Å². The second kappa shape index (κ2) is 6.75. The minimum absolute atomic E-state index is 0.488. The van der Waals surface area contributed by atoms with Crippen LogP contribution in [0, 0.1) is 11.8 Å². The van der Waals surface area contributed by atoms with Crippen LogP contribution >= 0.6 is 0 Å². The van der Waals surface area contributed by atoms with Gasteiger partial charge in [-0.25, -0.2) is 0 Å². The van der Waals surface area contributed by atoms with Crippen LogP contribution < -0.4 is 0 Å². The molecule has 1 aliphatic rings. The first kappa shape index (κ1) is 15.0. The largest absolute Gasteiger partial charge is 0.299 e. The fourth-order valence-corrected chi connectivity index (χ4v) is 2.98. The molecule has 0 aromatic heterocycles. The summed E-state index contributed by atoms with van der Waals surface area (Å²) in [7, 11) is 2.23. The van der Waals surface area contributed by atoms with Crippen molar-refractivity contribution in [2.75, 3.05) is 13.6 Å². The highest BCUT2D eigenvalue weighted by Crippen LogP contribution is 2.35. The van der Waals surface area contributed by atoms with E-state index in [0.717, 1.165) is 13.0 Å². The summed E-state index contributed by atoms with van der Waals surface area (Å²) in [5.74, 6) is 1.22. The van der Waals surface area contributed by atoms with Crippen molar-refractivity contribution in [2.45, 2.75) is 33.2 Å². The van der Waals surface area contributed by atoms with Crippen molar-refractivity contribution in [3.8, 4) is 0 Å². The third kappa shape index (κ3) is 3.02. The van der Waals surface area contributed by atoms with Gasteiger partial charge in [0.1, 0.15) is 0 Å². The first-order valence-corrected chi connectivity index (χ1v) is 6.92. The van der Waals surface area contributed by atoms with Crippen LogP contribution in [-0.4, -0.2) is 24.5 Å². The Hall–Kier alpha value is -1.08. The van der Waals surface area contributed by atoms with Crippen molar-refractivity contribution in [2.24, 2.45) is 11.8 Å². The van der Waals surface area contributed by atoms with Gasteiger partial charge in [-0.1, -0.05) is 58.2 Å². The monoisotopic (exact) mass is 245 g/mol. The standard InChI is InChI=1S/C17H27N/c1-7-10-15-14(5)13(4)12-18(6)17(9-3)16(15)11-8-2/h7-8,10-11,13-14,17H,1-2,9,12H2,3-6H3/b15-10?,16-11+. The quantitative estimate of drug-likeness (QED) is 0.720. The maximum Gasteiger partial charge on any atom is 0.0345 e. The van der Waals surface area contributed by atoms with E-state index in [2.05, 4.69) is 58.0 Å². The number of rotatable bonds is 3. The van der Waals surface area contributed by atoms with E-state index in [4.69, 9.17) is 0 Å². The molecular formula is C17H27N. The highest BCUT2D eigenvalue weighted by molar-refractivity contribution is 5.42. The fraction of sp³-hybridized carbons (Fsp3) is 0.529. The molecule has 0 spiro atoms. The average Bonchev–Trinajstić information content (AvgIpc) is 2.41. The van der Waals surface area contributed by atoms with Crippen LogP contribution in [0.15, 0.2) is 48.6 Å². The van der Waals surface area contributed by atoms with Gasteiger partial charge in [0.05, 0.1) is 0 Å². The molecule has 0 aromatic carbocycles. The van der Waals surface area contributed by atoms with E-state index in [-0.39, 0.29) is 0 Å². The Labute approximate surface area is 113 Å². The minimum Gasteiger partial charge on any atom is -0.299 e. The normalized spacial score (nSPS) is 34.6. The predicted molar refractivity (Wildman–Crippen MR) is 81.6 cm³/mol. The number of hydrogen-bond donors (Lipinski definition) is 0. The summed E-state index contributed by atoms with van der Waals surface area (Å²) in [5.41, 5.74) is 2.83. The van der Waals surface area contributed by atoms with Crippen LogP contribution in [0.3, 0.4) is 0 Å². The Bertz CT molecular complexity index is 362. The van der Waals surface area contributed by atoms with Gasteiger partial charge in [0.2, 0.25) is 0 Å². The lowest BCUT2D eigenvalue weighted by Crippen LogP contribution is -2.33. The molecule has 0 amide bonds. The number of likely N-dealkylation sites (N-methyl/N-ethyl adjacent to an activating group) is 1. The SMILES string of the molecule is C=CC=C1/C(=C\C=C)C(CC)N(C)CC(C)C1C. The van der Waals surface area contributed by atoms with E-state index in [0.29, 0.717) is 17.9 Å². The van der Waals surface area contributed by atoms with E-state index in [9.17, 15) is 0 Å². The molecule has 1 heteroatoms. The molecule has 1 saturated heterocycles. The fourth-order valence-electron chi connectivity index (χ4n) is 2.98. The maximum atomic E-state index is 3.87. The molecule has 18 heavy (non-hydrogen) atoms. The minimum atomic E-state index is 0.488. The van der Waals surface area contributed by atoms with Crippen LogP contribution in [0.5, 0.6) is 0 Å². The zero-order valence-corrected chi connectivity index (χ0v) is 12.3. The summed E-state index contributed by atoms with van der Waals surface area (Å²) in [6.07, 6.45) is 9.30. The molecule has 3 atom stereocenters. The van der Waals surface area contributed by atoms with Crippen LogP contribution in [0.2, 0.25) is 0 Å². The van der Waals surface area contributed by atoms with E-state index in [1.165, 1.54) is 11.1 Å². The van der Waals surface area contributed by atoms with Crippen LogP contribution in [0.4, 0.5) is 0 Å². The molecule has 1 nitrogen and oxygen atoms in total. The number of hydrogen-bond acceptors (Lipinski definition) is 1. The van der Waals surface area contributed by atoms with Crippen molar-refractivity contribution in [1.82, 2.24) is 4.90 Å². The summed E-state index contributed by atoms with van der Waals surface area (Å²) < 4.78 is 0. The Morgan fingerprint density at radius 3 is 2.22 bits per heavy atom. The summed E-state index contributed by atoms with van der Waals surface area (Å²) in [4.78, 5) is 2.47. The van der Waals surface area contributed by atoms with Gasteiger partial charge in [0, 0.05) is 12.6 Å². The van der Waals surface area contributed by atoms with Gasteiger partial charge >= 0.3 is 0 Å². The lowest BCUT2D eigenvalue weighted by molar-refractivity contribution is 0.233. The summed E-state index contributed by atoms with van der Waals surface area (Å²) in [6.45, 7) is 15.8. The topological polar surface area (TPSA) is 3.24 Å². The van der Waals surface area contributed by atoms with Crippen molar-refractivity contribution in [1.29, 1.82) is 0 Å². The molecule has 1 fully saturated rings. The molecule has 0 aromatic rings. The van der Waals surface area contributed by atoms with E-state index < -0.39 is 0 Å². The van der Waals surface area contributed by atoms with Crippen LogP contribution in [0.25, 0.3) is 0 Å². The van der Waals surface area contributed by atoms with Gasteiger partial charge in [-0.15, -0.1) is 0 Å². The van der Waals surface area contributed by atoms with Gasteiger partial charge in [0.25, 0.3) is 0 Å². The van der Waals surface area contributed by atoms with Crippen molar-refractivity contribution in [3.05, 3.63) is 48.6 Å². The van der Waals surface area contributed by atoms with Gasteiger partial charge in [0.15, 0.2) is 0 Å². The zero-order chi connectivity index (χ0) is 13.7. The number of likely N-dealkylation sites (tertiary alicyclic amines) is 1. The third-order valence-electron chi connectivity index (χ3n) is 4.13. The van der Waals surface area contributed by atoms with E-state index in [1.807, 2.05) is 12.2 Å². The van der Waals surface area contributed by atoms with Crippen LogP contribution in [0.1, 0.15) is 27.2 Å². The Balaban J connectivity index is 3.32. The predicted octanol–water partition coefficient (Wildman–Crippen LogP) is 4.21. The summed E-state index contributed by atoms with van der Waals surface area (Å²) in [6, 6.07) is 0.488. The van der Waals surface area contributed by atoms with E-state index in [1.54, 1.807) is 0 Å². The summed E-state index contributed by atoms with van der Waals surface area (Å²) >= 11 is 0. The Kier molecular flexibility index (Phi) is 5.61. The second-order valence-electron chi connectivity index (χ2n) is 5.35. The Morgan fingerprint density at radius 2 is 1.72 bits per heavy atom. The van der Waals surface area contributed by atoms with Crippen molar-refractivity contribution >= 4 is 0 Å². The molecule has 100 valence electrons. The molecule has 1 heterocycles. The molecule has 0 aliphatic carbocycles. The first-order chi connectivity index (χ1) is 8.56. The molecule has 0 bridgehead atoms. The third-order valence-corrected chi connectivity index (χ3v) is 4.13. The molecule has 0 radical (unpaired) electrons. The van der Waals surface area contributed by atoms with Gasteiger partial charge in [-0.3, -0.25) is 4.90 Å². The maximum absolute atomic E-state index is 3.87. The van der Waals surface area contributed by atoms with E-state index >= 15 is 0 Å². The smallest absolute Gasteiger partial charge is 0.0345 e. The lowest BCUT2D eigenvalue weighted by atomic mass is 9.83. The molecule has 1 aliphatic heterocycles. The average molecular weight is 245 g/mol. The summed E-state index contributed by atoms with van der Waals surface area (Å²) in [5, 5.41) is 0. The Morgan fingerprint density at radius 1 is 1.17 bits per heavy atom. The number of allylic oxidation sites excluding steroid dienone is 4. The first-order valence-electron chi connectivity index (χ1n) is 6.92. The highest BCUT2D eigenvalue weighted by atomic mass is 15.1. The molecule has 0 saturated carbocycles.